The van der Waals surface area contributed by atoms with Crippen LogP contribution < -0.4 is 4.90 Å². The van der Waals surface area contributed by atoms with Gasteiger partial charge in [0.1, 0.15) is 0 Å². The summed E-state index contributed by atoms with van der Waals surface area (Å²) < 4.78 is 0. The molecule has 0 fully saturated rings. The molecule has 0 aromatic heterocycles. The van der Waals surface area contributed by atoms with Crippen LogP contribution in [0.25, 0.3) is 10.8 Å². The number of para-hydroxylation sites is 1. The molecule has 0 spiro atoms. The molecule has 1 aliphatic carbocycles. The topological polar surface area (TPSA) is 23.5 Å². The first-order valence-electron chi connectivity index (χ1n) is 8.60. The van der Waals surface area contributed by atoms with Crippen molar-refractivity contribution in [3.63, 3.8) is 0 Å². The third-order valence-corrected chi connectivity index (χ3v) is 5.25. The summed E-state index contributed by atoms with van der Waals surface area (Å²) in [6.07, 6.45) is 6.39. The van der Waals surface area contributed by atoms with Gasteiger partial charge in [-0.3, -0.25) is 0 Å². The van der Waals surface area contributed by atoms with Crippen molar-refractivity contribution in [2.75, 3.05) is 4.90 Å². The molecule has 1 aliphatic heterocycles. The van der Waals surface area contributed by atoms with Gasteiger partial charge in [0.25, 0.3) is 0 Å². The maximum absolute atomic E-state index is 9.50. The lowest BCUT2D eigenvalue weighted by Gasteiger charge is -2.29. The Balaban J connectivity index is 1.79. The molecule has 3 aromatic carbocycles. The third kappa shape index (κ3) is 2.16. The first-order chi connectivity index (χ1) is 12.4. The Kier molecular flexibility index (Phi) is 3.29. The van der Waals surface area contributed by atoms with Crippen molar-refractivity contribution >= 4 is 29.6 Å². The van der Waals surface area contributed by atoms with E-state index in [0.29, 0.717) is 0 Å². The predicted octanol–water partition coefficient (Wildman–Crippen LogP) is 4.51. The van der Waals surface area contributed by atoms with E-state index in [2.05, 4.69) is 77.7 Å². The van der Waals surface area contributed by atoms with Gasteiger partial charge in [-0.1, -0.05) is 72.2 Å². The van der Waals surface area contributed by atoms with Crippen LogP contribution in [-0.4, -0.2) is 18.5 Å². The molecule has 119 valence electrons. The molecule has 2 unspecified atom stereocenters. The highest BCUT2D eigenvalue weighted by molar-refractivity contribution is 6.37. The number of hydrogen-bond donors (Lipinski definition) is 1. The fraction of sp³-hybridized carbons (Fsp3) is 0.0909. The fourth-order valence-electron chi connectivity index (χ4n) is 4.18. The van der Waals surface area contributed by atoms with Gasteiger partial charge in [-0.25, -0.2) is 0 Å². The lowest BCUT2D eigenvalue weighted by molar-refractivity contribution is 0.610. The Bertz CT molecular complexity index is 1010. The van der Waals surface area contributed by atoms with Crippen LogP contribution in [0.15, 0.2) is 90.4 Å². The van der Waals surface area contributed by atoms with Gasteiger partial charge in [-0.2, -0.15) is 0 Å². The largest absolute Gasteiger partial charge is 0.450 e. The second kappa shape index (κ2) is 5.64. The normalized spacial score (nSPS) is 21.0. The lowest BCUT2D eigenvalue weighted by atomic mass is 9.77. The first-order valence-corrected chi connectivity index (χ1v) is 8.60. The number of fused-ring (bicyclic) bond motifs is 5. The van der Waals surface area contributed by atoms with Crippen LogP contribution in [0.3, 0.4) is 0 Å². The maximum atomic E-state index is 9.50. The van der Waals surface area contributed by atoms with E-state index in [1.165, 1.54) is 35.2 Å². The Morgan fingerprint density at radius 2 is 1.68 bits per heavy atom. The molecule has 3 heteroatoms. The van der Waals surface area contributed by atoms with Crippen LogP contribution in [0.2, 0.25) is 0 Å². The van der Waals surface area contributed by atoms with E-state index >= 15 is 0 Å². The summed E-state index contributed by atoms with van der Waals surface area (Å²) in [5, 5.41) is 12.0. The summed E-state index contributed by atoms with van der Waals surface area (Å²) in [6.45, 7) is 0. The number of benzene rings is 3. The molecule has 2 atom stereocenters. The van der Waals surface area contributed by atoms with E-state index in [1.807, 2.05) is 12.1 Å². The summed E-state index contributed by atoms with van der Waals surface area (Å²) in [6, 6.07) is 23.7. The average molecular weight is 322 g/mol. The molecule has 2 aliphatic rings. The molecular formula is C22H17BNO. The minimum atomic E-state index is 0.227. The summed E-state index contributed by atoms with van der Waals surface area (Å²) >= 11 is 0. The summed E-state index contributed by atoms with van der Waals surface area (Å²) in [5.41, 5.74) is 4.66. The molecule has 0 saturated carbocycles. The van der Waals surface area contributed by atoms with Gasteiger partial charge >= 0.3 is 7.48 Å². The summed E-state index contributed by atoms with van der Waals surface area (Å²) in [7, 11) is 1.20. The Labute approximate surface area is 148 Å². The van der Waals surface area contributed by atoms with Crippen molar-refractivity contribution in [3.8, 4) is 0 Å². The minimum Gasteiger partial charge on any atom is -0.450 e. The first kappa shape index (κ1) is 14.6. The zero-order valence-corrected chi connectivity index (χ0v) is 13.7. The van der Waals surface area contributed by atoms with Crippen molar-refractivity contribution in [3.05, 3.63) is 96.0 Å². The standard InChI is InChI=1S/C22H17BNO/c25-23-16-11-13-20-19(14-16)22-18-9-5-4-6-15(18)10-12-21(22)24(20)17-7-2-1-3-8-17/h1-14,19-20,25H. The van der Waals surface area contributed by atoms with E-state index < -0.39 is 0 Å². The zero-order valence-electron chi connectivity index (χ0n) is 13.7. The quantitative estimate of drug-likeness (QED) is 0.702. The molecule has 0 amide bonds. The highest BCUT2D eigenvalue weighted by atomic mass is 16.2. The smallest absolute Gasteiger partial charge is 0.326 e. The van der Waals surface area contributed by atoms with E-state index in [-0.39, 0.29) is 12.0 Å². The highest BCUT2D eigenvalue weighted by Gasteiger charge is 2.39. The predicted molar refractivity (Wildman–Crippen MR) is 104 cm³/mol. The van der Waals surface area contributed by atoms with Gasteiger partial charge in [0.15, 0.2) is 0 Å². The van der Waals surface area contributed by atoms with Crippen LogP contribution in [0.5, 0.6) is 0 Å². The van der Waals surface area contributed by atoms with Gasteiger partial charge in [0.05, 0.1) is 6.04 Å². The van der Waals surface area contributed by atoms with Crippen molar-refractivity contribution < 1.29 is 5.02 Å². The molecular weight excluding hydrogens is 305 g/mol. The molecule has 2 nitrogen and oxygen atoms in total. The van der Waals surface area contributed by atoms with E-state index in [0.717, 1.165) is 5.47 Å². The van der Waals surface area contributed by atoms with Crippen LogP contribution in [0.1, 0.15) is 11.5 Å². The van der Waals surface area contributed by atoms with Crippen LogP contribution in [-0.2, 0) is 0 Å². The van der Waals surface area contributed by atoms with Crippen molar-refractivity contribution in [1.82, 2.24) is 0 Å². The third-order valence-electron chi connectivity index (χ3n) is 5.25. The van der Waals surface area contributed by atoms with Gasteiger partial charge in [0, 0.05) is 17.3 Å². The fourth-order valence-corrected chi connectivity index (χ4v) is 4.18. The van der Waals surface area contributed by atoms with Crippen molar-refractivity contribution in [2.24, 2.45) is 0 Å². The number of rotatable bonds is 2. The Morgan fingerprint density at radius 1 is 0.880 bits per heavy atom. The van der Waals surface area contributed by atoms with Gasteiger partial charge in [0.2, 0.25) is 0 Å². The second-order valence-electron chi connectivity index (χ2n) is 6.60. The molecule has 3 aromatic rings. The van der Waals surface area contributed by atoms with E-state index in [9.17, 15) is 5.02 Å². The summed E-state index contributed by atoms with van der Waals surface area (Å²) in [5.74, 6) is 0.227. The van der Waals surface area contributed by atoms with Crippen molar-refractivity contribution in [2.45, 2.75) is 12.0 Å². The molecule has 0 saturated heterocycles. The van der Waals surface area contributed by atoms with Crippen LogP contribution >= 0.6 is 0 Å². The number of allylic oxidation sites excluding steroid dienone is 2. The van der Waals surface area contributed by atoms with Gasteiger partial charge < -0.3 is 9.92 Å². The second-order valence-corrected chi connectivity index (χ2v) is 6.60. The highest BCUT2D eigenvalue weighted by Crippen LogP contribution is 2.50. The molecule has 0 bridgehead atoms. The maximum Gasteiger partial charge on any atom is 0.326 e. The van der Waals surface area contributed by atoms with E-state index in [4.69, 9.17) is 0 Å². The van der Waals surface area contributed by atoms with Crippen LogP contribution in [0.4, 0.5) is 11.4 Å². The lowest BCUT2D eigenvalue weighted by Crippen LogP contribution is -2.29. The Hall–Kier alpha value is -2.78. The minimum absolute atomic E-state index is 0.227. The van der Waals surface area contributed by atoms with Crippen molar-refractivity contribution in [1.29, 1.82) is 0 Å². The zero-order chi connectivity index (χ0) is 16.8. The summed E-state index contributed by atoms with van der Waals surface area (Å²) in [4.78, 5) is 2.41. The SMILES string of the molecule is O[B]C1=CC2c3c(ccc4ccccc34)N(c3ccccc3)C2C=C1. The Morgan fingerprint density at radius 3 is 2.52 bits per heavy atom. The molecule has 1 radical (unpaired) electrons. The number of nitrogens with zero attached hydrogens (tertiary/aromatic N) is 1. The number of anilines is 2. The average Bonchev–Trinajstić information content (AvgIpc) is 3.02. The van der Waals surface area contributed by atoms with E-state index in [1.54, 1.807) is 0 Å². The van der Waals surface area contributed by atoms with Crippen LogP contribution in [0, 0.1) is 0 Å². The monoisotopic (exact) mass is 322 g/mol. The molecule has 1 N–H and O–H groups in total. The van der Waals surface area contributed by atoms with Gasteiger partial charge in [-0.05, 0) is 34.5 Å². The van der Waals surface area contributed by atoms with Gasteiger partial charge in [-0.15, -0.1) is 0 Å². The molecule has 1 heterocycles. The number of hydrogen-bond acceptors (Lipinski definition) is 2. The molecule has 5 rings (SSSR count). The molecule has 25 heavy (non-hydrogen) atoms.